The molecular formula is C16H23N3O3S. The second-order valence-electron chi connectivity index (χ2n) is 5.44. The number of benzene rings is 1. The summed E-state index contributed by atoms with van der Waals surface area (Å²) < 4.78 is 5.58. The third kappa shape index (κ3) is 7.60. The Morgan fingerprint density at radius 3 is 2.65 bits per heavy atom. The zero-order chi connectivity index (χ0) is 17.2. The van der Waals surface area contributed by atoms with Crippen LogP contribution in [0.25, 0.3) is 0 Å². The van der Waals surface area contributed by atoms with E-state index in [4.69, 9.17) is 17.0 Å². The van der Waals surface area contributed by atoms with E-state index >= 15 is 0 Å². The van der Waals surface area contributed by atoms with E-state index in [1.807, 2.05) is 20.8 Å². The van der Waals surface area contributed by atoms with Crippen LogP contribution in [0.1, 0.15) is 44.0 Å². The summed E-state index contributed by atoms with van der Waals surface area (Å²) in [5.74, 6) is 0.466. The van der Waals surface area contributed by atoms with Crippen molar-refractivity contribution in [2.75, 3.05) is 6.61 Å². The van der Waals surface area contributed by atoms with Crippen LogP contribution in [-0.4, -0.2) is 23.5 Å². The minimum Gasteiger partial charge on any atom is -0.493 e. The van der Waals surface area contributed by atoms with E-state index in [9.17, 15) is 9.59 Å². The van der Waals surface area contributed by atoms with E-state index < -0.39 is 0 Å². The Kier molecular flexibility index (Phi) is 8.04. The number of ether oxygens (including phenoxy) is 1. The molecule has 0 spiro atoms. The summed E-state index contributed by atoms with van der Waals surface area (Å²) in [5, 5.41) is 2.53. The molecule has 0 bridgehead atoms. The van der Waals surface area contributed by atoms with E-state index in [-0.39, 0.29) is 16.9 Å². The fourth-order valence-electron chi connectivity index (χ4n) is 1.61. The Bertz CT molecular complexity index is 561. The highest BCUT2D eigenvalue weighted by Gasteiger charge is 2.09. The average Bonchev–Trinajstić information content (AvgIpc) is 2.51. The number of hydrogen-bond acceptors (Lipinski definition) is 4. The van der Waals surface area contributed by atoms with Gasteiger partial charge in [-0.2, -0.15) is 0 Å². The van der Waals surface area contributed by atoms with Gasteiger partial charge in [-0.3, -0.25) is 25.8 Å². The lowest BCUT2D eigenvalue weighted by Crippen LogP contribution is -2.48. The lowest BCUT2D eigenvalue weighted by Gasteiger charge is -2.12. The summed E-state index contributed by atoms with van der Waals surface area (Å²) in [6.45, 7) is 6.57. The van der Waals surface area contributed by atoms with Gasteiger partial charge >= 0.3 is 0 Å². The highest BCUT2D eigenvalue weighted by atomic mass is 32.1. The smallest absolute Gasteiger partial charge is 0.257 e. The number of rotatable bonds is 6. The van der Waals surface area contributed by atoms with Crippen molar-refractivity contribution >= 4 is 29.1 Å². The van der Waals surface area contributed by atoms with Crippen molar-refractivity contribution in [2.24, 2.45) is 5.92 Å². The van der Waals surface area contributed by atoms with Crippen molar-refractivity contribution in [2.45, 2.75) is 33.6 Å². The lowest BCUT2D eigenvalue weighted by atomic mass is 10.2. The lowest BCUT2D eigenvalue weighted by molar-refractivity contribution is -0.121. The van der Waals surface area contributed by atoms with Crippen molar-refractivity contribution < 1.29 is 14.3 Å². The van der Waals surface area contributed by atoms with Crippen LogP contribution >= 0.6 is 12.2 Å². The summed E-state index contributed by atoms with van der Waals surface area (Å²) in [7, 11) is 0. The SMILES string of the molecule is CCCC(=O)NNC(=S)NC(=O)c1cccc(OCC(C)C)c1. The van der Waals surface area contributed by atoms with Crippen LogP contribution in [-0.2, 0) is 4.79 Å². The molecule has 0 saturated heterocycles. The maximum Gasteiger partial charge on any atom is 0.257 e. The van der Waals surface area contributed by atoms with Crippen LogP contribution in [0.3, 0.4) is 0 Å². The third-order valence-corrected chi connectivity index (χ3v) is 2.90. The summed E-state index contributed by atoms with van der Waals surface area (Å²) in [4.78, 5) is 23.4. The minimum absolute atomic E-state index is 0.0351. The number of carbonyl (C=O) groups excluding carboxylic acids is 2. The number of thiocarbonyl (C=S) groups is 1. The number of hydrogen-bond donors (Lipinski definition) is 3. The Labute approximate surface area is 141 Å². The number of carbonyl (C=O) groups is 2. The molecule has 0 aliphatic rings. The van der Waals surface area contributed by atoms with E-state index in [2.05, 4.69) is 16.2 Å². The molecule has 1 rings (SSSR count). The molecule has 1 aromatic carbocycles. The van der Waals surface area contributed by atoms with Gasteiger partial charge in [0.05, 0.1) is 6.61 Å². The first kappa shape index (κ1) is 18.9. The number of amides is 2. The predicted octanol–water partition coefficient (Wildman–Crippen LogP) is 2.16. The Hall–Kier alpha value is -2.15. The fraction of sp³-hybridized carbons (Fsp3) is 0.438. The maximum atomic E-state index is 12.1. The zero-order valence-electron chi connectivity index (χ0n) is 13.6. The summed E-state index contributed by atoms with van der Waals surface area (Å²) in [6.07, 6.45) is 1.12. The van der Waals surface area contributed by atoms with Gasteiger partial charge in [-0.25, -0.2) is 0 Å². The Morgan fingerprint density at radius 1 is 1.26 bits per heavy atom. The van der Waals surface area contributed by atoms with Crippen molar-refractivity contribution in [1.82, 2.24) is 16.2 Å². The maximum absolute atomic E-state index is 12.1. The predicted molar refractivity (Wildman–Crippen MR) is 93.0 cm³/mol. The molecule has 0 unspecified atom stereocenters. The first-order valence-electron chi connectivity index (χ1n) is 7.55. The summed E-state index contributed by atoms with van der Waals surface area (Å²) >= 11 is 4.96. The zero-order valence-corrected chi connectivity index (χ0v) is 14.5. The molecule has 0 atom stereocenters. The summed E-state index contributed by atoms with van der Waals surface area (Å²) in [5.41, 5.74) is 5.33. The highest BCUT2D eigenvalue weighted by Crippen LogP contribution is 2.14. The topological polar surface area (TPSA) is 79.5 Å². The molecule has 2 amide bonds. The van der Waals surface area contributed by atoms with Crippen LogP contribution in [0.2, 0.25) is 0 Å². The van der Waals surface area contributed by atoms with Crippen LogP contribution in [0.15, 0.2) is 24.3 Å². The van der Waals surface area contributed by atoms with Crippen molar-refractivity contribution in [3.63, 3.8) is 0 Å². The van der Waals surface area contributed by atoms with Gasteiger partial charge in [0.2, 0.25) is 5.91 Å². The van der Waals surface area contributed by atoms with Crippen LogP contribution < -0.4 is 20.9 Å². The molecule has 7 heteroatoms. The van der Waals surface area contributed by atoms with Gasteiger partial charge < -0.3 is 4.74 Å². The molecular weight excluding hydrogens is 314 g/mol. The highest BCUT2D eigenvalue weighted by molar-refractivity contribution is 7.80. The Balaban J connectivity index is 2.52. The molecule has 0 heterocycles. The molecule has 1 aromatic rings. The molecule has 0 fully saturated rings. The van der Waals surface area contributed by atoms with E-state index in [0.29, 0.717) is 30.3 Å². The van der Waals surface area contributed by atoms with Gasteiger partial charge in [-0.1, -0.05) is 26.8 Å². The average molecular weight is 337 g/mol. The summed E-state index contributed by atoms with van der Waals surface area (Å²) in [6, 6.07) is 6.84. The Morgan fingerprint density at radius 2 is 2.00 bits per heavy atom. The van der Waals surface area contributed by atoms with Crippen molar-refractivity contribution in [3.05, 3.63) is 29.8 Å². The molecule has 6 nitrogen and oxygen atoms in total. The second-order valence-corrected chi connectivity index (χ2v) is 5.85. The van der Waals surface area contributed by atoms with Gasteiger partial charge in [-0.15, -0.1) is 0 Å². The standard InChI is InChI=1S/C16H23N3O3S/c1-4-6-14(20)18-19-16(23)17-15(21)12-7-5-8-13(9-12)22-10-11(2)3/h5,7-9,11H,4,6,10H2,1-3H3,(H,18,20)(H2,17,19,21,23). The fourth-order valence-corrected chi connectivity index (χ4v) is 1.76. The molecule has 126 valence electrons. The van der Waals surface area contributed by atoms with E-state index in [1.165, 1.54) is 0 Å². The van der Waals surface area contributed by atoms with Gasteiger partial charge in [0.15, 0.2) is 5.11 Å². The van der Waals surface area contributed by atoms with Crippen LogP contribution in [0.4, 0.5) is 0 Å². The molecule has 0 radical (unpaired) electrons. The molecule has 0 aliphatic heterocycles. The first-order chi connectivity index (χ1) is 10.9. The molecule has 0 aromatic heterocycles. The van der Waals surface area contributed by atoms with E-state index in [1.54, 1.807) is 24.3 Å². The molecule has 0 aliphatic carbocycles. The normalized spacial score (nSPS) is 10.1. The number of hydrazine groups is 1. The minimum atomic E-state index is -0.373. The van der Waals surface area contributed by atoms with Gasteiger partial charge in [0, 0.05) is 12.0 Å². The largest absolute Gasteiger partial charge is 0.493 e. The van der Waals surface area contributed by atoms with Gasteiger partial charge in [0.1, 0.15) is 5.75 Å². The third-order valence-electron chi connectivity index (χ3n) is 2.70. The van der Waals surface area contributed by atoms with E-state index in [0.717, 1.165) is 6.42 Å². The van der Waals surface area contributed by atoms with Crippen LogP contribution in [0.5, 0.6) is 5.75 Å². The van der Waals surface area contributed by atoms with Crippen LogP contribution in [0, 0.1) is 5.92 Å². The molecule has 0 saturated carbocycles. The number of nitrogens with one attached hydrogen (secondary N) is 3. The monoisotopic (exact) mass is 337 g/mol. The molecule has 3 N–H and O–H groups in total. The van der Waals surface area contributed by atoms with Crippen molar-refractivity contribution in [1.29, 1.82) is 0 Å². The van der Waals surface area contributed by atoms with Gasteiger partial charge in [0.25, 0.3) is 5.91 Å². The first-order valence-corrected chi connectivity index (χ1v) is 7.96. The second kappa shape index (κ2) is 9.78. The molecule has 23 heavy (non-hydrogen) atoms. The van der Waals surface area contributed by atoms with Crippen molar-refractivity contribution in [3.8, 4) is 5.75 Å². The quantitative estimate of drug-likeness (QED) is 0.547. The van der Waals surface area contributed by atoms with Gasteiger partial charge in [-0.05, 0) is 42.8 Å².